The topological polar surface area (TPSA) is 129 Å². The molecule has 5 rings (SSSR count). The molecule has 2 heterocycles. The van der Waals surface area contributed by atoms with E-state index in [1.54, 1.807) is 51.1 Å². The summed E-state index contributed by atoms with van der Waals surface area (Å²) in [5.74, 6) is -2.59. The van der Waals surface area contributed by atoms with Gasteiger partial charge < -0.3 is 14.8 Å². The van der Waals surface area contributed by atoms with Crippen LogP contribution < -0.4 is 21.3 Å². The maximum absolute atomic E-state index is 16.5. The minimum absolute atomic E-state index is 0.134. The zero-order valence-corrected chi connectivity index (χ0v) is 31.6. The second kappa shape index (κ2) is 16.0. The maximum Gasteiger partial charge on any atom is 0.416 e. The summed E-state index contributed by atoms with van der Waals surface area (Å²) in [6.07, 6.45) is -4.95. The van der Waals surface area contributed by atoms with Gasteiger partial charge in [0.1, 0.15) is 17.5 Å². The normalized spacial score (nSPS) is 15.1. The summed E-state index contributed by atoms with van der Waals surface area (Å²) < 4.78 is 112. The van der Waals surface area contributed by atoms with Crippen LogP contribution in [0.1, 0.15) is 62.0 Å². The summed E-state index contributed by atoms with van der Waals surface area (Å²) >= 11 is 0. The van der Waals surface area contributed by atoms with Gasteiger partial charge in [0.05, 0.1) is 36.5 Å². The molecule has 0 aliphatic carbocycles. The number of aromatic nitrogens is 2. The lowest BCUT2D eigenvalue weighted by atomic mass is 10.0. The number of alkyl carbamates (subject to hydrolysis) is 1. The molecular formula is C38H41F5N4O7S. The van der Waals surface area contributed by atoms with E-state index in [0.717, 1.165) is 23.0 Å². The van der Waals surface area contributed by atoms with Crippen LogP contribution in [-0.4, -0.2) is 59.0 Å². The number of hydrogen-bond donors (Lipinski definition) is 1. The highest BCUT2D eigenvalue weighted by Crippen LogP contribution is 2.35. The number of nitrogens with zero attached hydrogens (tertiary/aromatic N) is 3. The number of amides is 1. The quantitative estimate of drug-likeness (QED) is 0.184. The Kier molecular flexibility index (Phi) is 12.0. The summed E-state index contributed by atoms with van der Waals surface area (Å²) in [4.78, 5) is 41.7. The molecule has 55 heavy (non-hydrogen) atoms. The number of carbonyl (C=O) groups is 1. The zero-order chi connectivity index (χ0) is 40.5. The van der Waals surface area contributed by atoms with Crippen LogP contribution in [-0.2, 0) is 34.0 Å². The van der Waals surface area contributed by atoms with Crippen molar-refractivity contribution >= 4 is 16.1 Å². The molecule has 1 N–H and O–H groups in total. The first-order chi connectivity index (χ1) is 25.7. The fourth-order valence-corrected chi connectivity index (χ4v) is 7.28. The SMILES string of the molecule is Cc1c(-c2cccc(OC3CCN(S(C)(=O)=O)CC3)c2F)c(=O)n(C[C@H](NC(=O)OC(C)(C)C)c2ccccc2)c(=O)n1Cc1c(F)cccc1C(F)(F)F. The Morgan fingerprint density at radius 3 is 2.16 bits per heavy atom. The third-order valence-electron chi connectivity index (χ3n) is 9.08. The van der Waals surface area contributed by atoms with Gasteiger partial charge in [-0.25, -0.2) is 31.1 Å². The molecule has 1 amide bonds. The van der Waals surface area contributed by atoms with Gasteiger partial charge in [-0.05, 0) is 64.3 Å². The number of halogens is 5. The summed E-state index contributed by atoms with van der Waals surface area (Å²) in [5.41, 5.74) is -6.01. The Morgan fingerprint density at radius 2 is 1.56 bits per heavy atom. The van der Waals surface area contributed by atoms with Crippen molar-refractivity contribution in [3.05, 3.63) is 122 Å². The average molecular weight is 793 g/mol. The molecule has 1 fully saturated rings. The van der Waals surface area contributed by atoms with E-state index in [1.807, 2.05) is 0 Å². The Balaban J connectivity index is 1.67. The lowest BCUT2D eigenvalue weighted by molar-refractivity contribution is -0.138. The smallest absolute Gasteiger partial charge is 0.416 e. The molecule has 0 radical (unpaired) electrons. The third-order valence-corrected chi connectivity index (χ3v) is 10.4. The highest BCUT2D eigenvalue weighted by atomic mass is 32.2. The molecule has 3 aromatic carbocycles. The number of rotatable bonds is 10. The van der Waals surface area contributed by atoms with Crippen molar-refractivity contribution in [1.82, 2.24) is 18.8 Å². The van der Waals surface area contributed by atoms with Crippen molar-refractivity contribution < 1.29 is 44.6 Å². The molecule has 0 unspecified atom stereocenters. The van der Waals surface area contributed by atoms with Crippen LogP contribution in [0.5, 0.6) is 5.75 Å². The van der Waals surface area contributed by atoms with Gasteiger partial charge in [-0.1, -0.05) is 48.5 Å². The highest BCUT2D eigenvalue weighted by Gasteiger charge is 2.35. The zero-order valence-electron chi connectivity index (χ0n) is 30.7. The van der Waals surface area contributed by atoms with Gasteiger partial charge in [-0.3, -0.25) is 13.9 Å². The van der Waals surface area contributed by atoms with E-state index in [4.69, 9.17) is 9.47 Å². The van der Waals surface area contributed by atoms with Gasteiger partial charge in [0.25, 0.3) is 5.56 Å². The van der Waals surface area contributed by atoms with Crippen molar-refractivity contribution in [2.75, 3.05) is 19.3 Å². The van der Waals surface area contributed by atoms with E-state index in [2.05, 4.69) is 5.32 Å². The Bertz CT molecular complexity index is 2280. The predicted molar refractivity (Wildman–Crippen MR) is 194 cm³/mol. The Morgan fingerprint density at radius 1 is 0.927 bits per heavy atom. The van der Waals surface area contributed by atoms with E-state index in [-0.39, 0.29) is 42.9 Å². The molecule has 0 spiro atoms. The first kappa shape index (κ1) is 41.1. The number of alkyl halides is 3. The van der Waals surface area contributed by atoms with Crippen molar-refractivity contribution in [3.63, 3.8) is 0 Å². The molecule has 1 atom stereocenters. The fourth-order valence-electron chi connectivity index (χ4n) is 6.41. The van der Waals surface area contributed by atoms with Gasteiger partial charge in [-0.15, -0.1) is 0 Å². The van der Waals surface area contributed by atoms with E-state index in [0.29, 0.717) is 16.2 Å². The number of nitrogens with one attached hydrogen (secondary N) is 1. The fraction of sp³-hybridized carbons (Fsp3) is 0.395. The van der Waals surface area contributed by atoms with Gasteiger partial charge in [0.15, 0.2) is 11.6 Å². The number of hydrogen-bond acceptors (Lipinski definition) is 7. The highest BCUT2D eigenvalue weighted by molar-refractivity contribution is 7.88. The monoisotopic (exact) mass is 792 g/mol. The lowest BCUT2D eigenvalue weighted by Crippen LogP contribution is -2.46. The standard InChI is InChI=1S/C38H41F5N4O7S/c1-23-32(26-13-9-16-31(33(26)40)53-25-17-19-45(20-18-25)55(5,51)52)34(48)47(22-30(24-11-7-6-8-12-24)44-35(49)54-37(2,3)4)36(50)46(23)21-27-28(38(41,42)43)14-10-15-29(27)39/h6-16,25,30H,17-22H2,1-5H3,(H,44,49)/t30-/m0/s1. The van der Waals surface area contributed by atoms with Crippen LogP contribution in [0, 0.1) is 18.6 Å². The Hall–Kier alpha value is -5.03. The van der Waals surface area contributed by atoms with Crippen LogP contribution in [0.15, 0.2) is 76.3 Å². The van der Waals surface area contributed by atoms with Crippen LogP contribution in [0.3, 0.4) is 0 Å². The van der Waals surface area contributed by atoms with Crippen molar-refractivity contribution in [1.29, 1.82) is 0 Å². The predicted octanol–water partition coefficient (Wildman–Crippen LogP) is 6.40. The largest absolute Gasteiger partial charge is 0.487 e. The number of benzene rings is 3. The van der Waals surface area contributed by atoms with Crippen molar-refractivity contribution in [2.45, 2.75) is 77.5 Å². The number of ether oxygens (including phenoxy) is 2. The third kappa shape index (κ3) is 9.62. The summed E-state index contributed by atoms with van der Waals surface area (Å²) in [5, 5.41) is 2.64. The molecule has 11 nitrogen and oxygen atoms in total. The second-order valence-corrected chi connectivity index (χ2v) is 16.2. The lowest BCUT2D eigenvalue weighted by Gasteiger charge is -2.30. The second-order valence-electron chi connectivity index (χ2n) is 14.2. The van der Waals surface area contributed by atoms with Gasteiger partial charge >= 0.3 is 18.0 Å². The minimum atomic E-state index is -5.02. The van der Waals surface area contributed by atoms with Crippen molar-refractivity contribution in [3.8, 4) is 16.9 Å². The first-order valence-corrected chi connectivity index (χ1v) is 19.1. The molecule has 1 aliphatic heterocycles. The van der Waals surface area contributed by atoms with E-state index in [9.17, 15) is 36.0 Å². The van der Waals surface area contributed by atoms with Crippen LogP contribution in [0.2, 0.25) is 0 Å². The molecule has 0 saturated carbocycles. The van der Waals surface area contributed by atoms with Gasteiger partial charge in [0.2, 0.25) is 10.0 Å². The Labute approximate surface area is 314 Å². The minimum Gasteiger partial charge on any atom is -0.487 e. The molecule has 1 saturated heterocycles. The van der Waals surface area contributed by atoms with Crippen LogP contribution in [0.4, 0.5) is 26.7 Å². The molecule has 4 aromatic rings. The van der Waals surface area contributed by atoms with Gasteiger partial charge in [0, 0.05) is 29.9 Å². The van der Waals surface area contributed by atoms with Crippen LogP contribution >= 0.6 is 0 Å². The average Bonchev–Trinajstić information content (AvgIpc) is 3.09. The van der Waals surface area contributed by atoms with E-state index in [1.165, 1.54) is 29.4 Å². The summed E-state index contributed by atoms with van der Waals surface area (Å²) in [6.45, 7) is 4.80. The molecular weight excluding hydrogens is 751 g/mol. The number of carbonyl (C=O) groups excluding carboxylic acids is 1. The maximum atomic E-state index is 16.5. The molecule has 0 bridgehead atoms. The molecule has 17 heteroatoms. The number of sulfonamides is 1. The number of piperidine rings is 1. The van der Waals surface area contributed by atoms with E-state index >= 15 is 8.78 Å². The van der Waals surface area contributed by atoms with Crippen molar-refractivity contribution in [2.24, 2.45) is 0 Å². The first-order valence-electron chi connectivity index (χ1n) is 17.3. The van der Waals surface area contributed by atoms with E-state index < -0.39 is 92.7 Å². The summed E-state index contributed by atoms with van der Waals surface area (Å²) in [6, 6.07) is 13.3. The molecule has 1 aromatic heterocycles. The summed E-state index contributed by atoms with van der Waals surface area (Å²) in [7, 11) is -3.45. The molecule has 1 aliphatic rings. The van der Waals surface area contributed by atoms with Crippen LogP contribution in [0.25, 0.3) is 11.1 Å². The molecule has 296 valence electrons. The van der Waals surface area contributed by atoms with Gasteiger partial charge in [-0.2, -0.15) is 13.2 Å².